The average molecular weight is 513 g/mol. The Morgan fingerprint density at radius 3 is 1.97 bits per heavy atom. The summed E-state index contributed by atoms with van der Waals surface area (Å²) in [7, 11) is -2.23. The molecule has 0 bridgehead atoms. The molecule has 35 heavy (non-hydrogen) atoms. The minimum atomic E-state index is -3.71. The summed E-state index contributed by atoms with van der Waals surface area (Å²) < 4.78 is 32.9. The van der Waals surface area contributed by atoms with Gasteiger partial charge in [-0.05, 0) is 42.2 Å². The first-order chi connectivity index (χ1) is 16.9. The topological polar surface area (TPSA) is 66.9 Å². The molecule has 0 unspecified atom stereocenters. The quantitative estimate of drug-likeness (QED) is 0.427. The van der Waals surface area contributed by atoms with Crippen molar-refractivity contribution in [2.75, 3.05) is 20.2 Å². The number of carbonyl (C=O) groups is 1. The Hall–Kier alpha value is -2.87. The van der Waals surface area contributed by atoms with Crippen molar-refractivity contribution >= 4 is 27.5 Å². The zero-order valence-corrected chi connectivity index (χ0v) is 21.2. The van der Waals surface area contributed by atoms with E-state index in [2.05, 4.69) is 0 Å². The molecule has 1 aliphatic rings. The summed E-state index contributed by atoms with van der Waals surface area (Å²) in [5.74, 6) is 0.252. The molecule has 0 saturated carbocycles. The summed E-state index contributed by atoms with van der Waals surface area (Å²) >= 11 is 6.15. The van der Waals surface area contributed by atoms with Crippen LogP contribution in [-0.4, -0.2) is 43.7 Å². The molecule has 0 N–H and O–H groups in total. The number of methoxy groups -OCH3 is 1. The van der Waals surface area contributed by atoms with Crippen molar-refractivity contribution in [3.63, 3.8) is 0 Å². The lowest BCUT2D eigenvalue weighted by molar-refractivity contribution is -0.138. The van der Waals surface area contributed by atoms with Crippen LogP contribution in [0.25, 0.3) is 0 Å². The van der Waals surface area contributed by atoms with Gasteiger partial charge in [0, 0.05) is 32.1 Å². The second-order valence-corrected chi connectivity index (χ2v) is 11.0. The highest BCUT2D eigenvalue weighted by atomic mass is 35.5. The predicted octanol–water partition coefficient (Wildman–Crippen LogP) is 4.98. The molecule has 1 amide bonds. The average Bonchev–Trinajstić information content (AvgIpc) is 2.89. The summed E-state index contributed by atoms with van der Waals surface area (Å²) in [5.41, 5.74) is 2.13. The van der Waals surface area contributed by atoms with Gasteiger partial charge in [-0.1, -0.05) is 72.3 Å². The highest BCUT2D eigenvalue weighted by molar-refractivity contribution is 7.89. The van der Waals surface area contributed by atoms with Crippen LogP contribution in [0.3, 0.4) is 0 Å². The van der Waals surface area contributed by atoms with E-state index in [0.717, 1.165) is 11.1 Å². The third kappa shape index (κ3) is 6.04. The summed E-state index contributed by atoms with van der Waals surface area (Å²) in [6.45, 7) is 1.59. The van der Waals surface area contributed by atoms with E-state index in [1.165, 1.54) is 23.5 Å². The Labute approximate surface area is 212 Å². The van der Waals surface area contributed by atoms with E-state index >= 15 is 0 Å². The lowest BCUT2D eigenvalue weighted by Gasteiger charge is -2.34. The summed E-state index contributed by atoms with van der Waals surface area (Å²) in [6, 6.07) is 24.3. The molecule has 6 nitrogen and oxygen atoms in total. The van der Waals surface area contributed by atoms with Crippen molar-refractivity contribution in [1.29, 1.82) is 0 Å². The van der Waals surface area contributed by atoms with Gasteiger partial charge in [-0.2, -0.15) is 4.31 Å². The summed E-state index contributed by atoms with van der Waals surface area (Å²) in [5, 5.41) is 0.246. The SMILES string of the molecule is COc1ccc(S(=O)(=O)N2CCC(C(=O)N(Cc3ccccc3)Cc3ccccc3)CC2)cc1Cl. The fourth-order valence-corrected chi connectivity index (χ4v) is 6.20. The minimum absolute atomic E-state index is 0.0576. The predicted molar refractivity (Wildman–Crippen MR) is 137 cm³/mol. The molecule has 0 spiro atoms. The van der Waals surface area contributed by atoms with Gasteiger partial charge in [-0.3, -0.25) is 4.79 Å². The van der Waals surface area contributed by atoms with Crippen molar-refractivity contribution in [2.45, 2.75) is 30.8 Å². The number of ether oxygens (including phenoxy) is 1. The van der Waals surface area contributed by atoms with Crippen molar-refractivity contribution in [2.24, 2.45) is 5.92 Å². The Morgan fingerprint density at radius 2 is 1.49 bits per heavy atom. The maximum Gasteiger partial charge on any atom is 0.243 e. The van der Waals surface area contributed by atoms with Crippen LogP contribution in [-0.2, 0) is 27.9 Å². The van der Waals surface area contributed by atoms with E-state index in [1.807, 2.05) is 65.6 Å². The van der Waals surface area contributed by atoms with Gasteiger partial charge in [0.2, 0.25) is 15.9 Å². The highest BCUT2D eigenvalue weighted by Crippen LogP contribution is 2.31. The fourth-order valence-electron chi connectivity index (χ4n) is 4.38. The molecule has 1 aliphatic heterocycles. The summed E-state index contributed by atoms with van der Waals surface area (Å²) in [4.78, 5) is 15.6. The molecule has 1 saturated heterocycles. The molecule has 1 heterocycles. The number of hydrogen-bond acceptors (Lipinski definition) is 4. The lowest BCUT2D eigenvalue weighted by atomic mass is 9.96. The molecule has 184 valence electrons. The van der Waals surface area contributed by atoms with Crippen LogP contribution < -0.4 is 4.74 Å². The molecular formula is C27H29ClN2O4S. The number of carbonyl (C=O) groups excluding carboxylic acids is 1. The van der Waals surface area contributed by atoms with E-state index in [-0.39, 0.29) is 34.8 Å². The van der Waals surface area contributed by atoms with Gasteiger partial charge < -0.3 is 9.64 Å². The van der Waals surface area contributed by atoms with Crippen LogP contribution in [0, 0.1) is 5.92 Å². The van der Waals surface area contributed by atoms with Crippen LogP contribution in [0.2, 0.25) is 5.02 Å². The fraction of sp³-hybridized carbons (Fsp3) is 0.296. The molecule has 3 aromatic rings. The smallest absolute Gasteiger partial charge is 0.243 e. The molecule has 1 fully saturated rings. The highest BCUT2D eigenvalue weighted by Gasteiger charge is 2.34. The number of rotatable bonds is 8. The van der Waals surface area contributed by atoms with Gasteiger partial charge in [0.25, 0.3) is 0 Å². The first kappa shape index (κ1) is 25.2. The van der Waals surface area contributed by atoms with Gasteiger partial charge >= 0.3 is 0 Å². The standard InChI is InChI=1S/C27H29ClN2O4S/c1-34-26-13-12-24(18-25(26)28)35(32,33)30-16-14-23(15-17-30)27(31)29(19-21-8-4-2-5-9-21)20-22-10-6-3-7-11-22/h2-13,18,23H,14-17,19-20H2,1H3. The molecule has 0 radical (unpaired) electrons. The van der Waals surface area contributed by atoms with Crippen LogP contribution in [0.15, 0.2) is 83.8 Å². The molecule has 0 aliphatic carbocycles. The normalized spacial score (nSPS) is 15.0. The number of hydrogen-bond donors (Lipinski definition) is 0. The molecule has 0 aromatic heterocycles. The number of halogens is 1. The summed E-state index contributed by atoms with van der Waals surface area (Å²) in [6.07, 6.45) is 0.948. The largest absolute Gasteiger partial charge is 0.495 e. The Morgan fingerprint density at radius 1 is 0.943 bits per heavy atom. The second kappa shape index (κ2) is 11.2. The van der Waals surface area contributed by atoms with Crippen molar-refractivity contribution in [3.8, 4) is 5.75 Å². The Kier molecular flexibility index (Phi) is 8.11. The number of nitrogens with zero attached hydrogens (tertiary/aromatic N) is 2. The van der Waals surface area contributed by atoms with E-state index in [0.29, 0.717) is 31.7 Å². The van der Waals surface area contributed by atoms with Crippen molar-refractivity contribution in [1.82, 2.24) is 9.21 Å². The van der Waals surface area contributed by atoms with Crippen LogP contribution in [0.4, 0.5) is 0 Å². The van der Waals surface area contributed by atoms with Crippen LogP contribution >= 0.6 is 11.6 Å². The van der Waals surface area contributed by atoms with E-state index in [4.69, 9.17) is 16.3 Å². The van der Waals surface area contributed by atoms with Gasteiger partial charge in [0.15, 0.2) is 0 Å². The van der Waals surface area contributed by atoms with Crippen LogP contribution in [0.1, 0.15) is 24.0 Å². The lowest BCUT2D eigenvalue weighted by Crippen LogP contribution is -2.44. The van der Waals surface area contributed by atoms with Gasteiger partial charge in [-0.15, -0.1) is 0 Å². The number of benzene rings is 3. The zero-order chi connectivity index (χ0) is 24.8. The zero-order valence-electron chi connectivity index (χ0n) is 19.6. The minimum Gasteiger partial charge on any atom is -0.495 e. The van der Waals surface area contributed by atoms with Crippen LogP contribution in [0.5, 0.6) is 5.75 Å². The number of sulfonamides is 1. The second-order valence-electron chi connectivity index (χ2n) is 8.64. The van der Waals surface area contributed by atoms with E-state index in [9.17, 15) is 13.2 Å². The molecule has 8 heteroatoms. The first-order valence-electron chi connectivity index (χ1n) is 11.6. The Bertz CT molecular complexity index is 1200. The maximum absolute atomic E-state index is 13.6. The van der Waals surface area contributed by atoms with Gasteiger partial charge in [0.1, 0.15) is 5.75 Å². The Balaban J connectivity index is 1.46. The monoisotopic (exact) mass is 512 g/mol. The molecule has 3 aromatic carbocycles. The molecular weight excluding hydrogens is 484 g/mol. The number of piperidine rings is 1. The first-order valence-corrected chi connectivity index (χ1v) is 13.4. The number of amides is 1. The van der Waals surface area contributed by atoms with E-state index in [1.54, 1.807) is 6.07 Å². The van der Waals surface area contributed by atoms with Crippen molar-refractivity contribution < 1.29 is 17.9 Å². The third-order valence-electron chi connectivity index (χ3n) is 6.31. The maximum atomic E-state index is 13.6. The van der Waals surface area contributed by atoms with Crippen molar-refractivity contribution in [3.05, 3.63) is 95.0 Å². The third-order valence-corrected chi connectivity index (χ3v) is 8.50. The molecule has 0 atom stereocenters. The van der Waals surface area contributed by atoms with E-state index < -0.39 is 10.0 Å². The van der Waals surface area contributed by atoms with Gasteiger partial charge in [-0.25, -0.2) is 8.42 Å². The van der Waals surface area contributed by atoms with Gasteiger partial charge in [0.05, 0.1) is 17.0 Å². The molecule has 4 rings (SSSR count).